The molecule has 1 heterocycles. The van der Waals surface area contributed by atoms with Gasteiger partial charge in [0.05, 0.1) is 27.4 Å². The van der Waals surface area contributed by atoms with Gasteiger partial charge in [-0.15, -0.1) is 0 Å². The Hall–Kier alpha value is -2.77. The fourth-order valence-electron chi connectivity index (χ4n) is 3.04. The topological polar surface area (TPSA) is 72.1 Å². The summed E-state index contributed by atoms with van der Waals surface area (Å²) in [5, 5.41) is 6.30. The van der Waals surface area contributed by atoms with E-state index < -0.39 is 0 Å². The molecule has 3 rings (SSSR count). The van der Waals surface area contributed by atoms with Crippen molar-refractivity contribution in [2.24, 2.45) is 0 Å². The Balaban J connectivity index is 1.51. The van der Waals surface area contributed by atoms with Crippen molar-refractivity contribution in [1.29, 1.82) is 0 Å². The van der Waals surface area contributed by atoms with Crippen LogP contribution >= 0.6 is 0 Å². The molecule has 2 aromatic carbocycles. The third kappa shape index (κ3) is 5.37. The highest BCUT2D eigenvalue weighted by Gasteiger charge is 2.11. The van der Waals surface area contributed by atoms with Gasteiger partial charge in [0.25, 0.3) is 5.91 Å². The zero-order valence-electron chi connectivity index (χ0n) is 16.4. The number of anilines is 2. The number of carbonyl (C=O) groups excluding carboxylic acids is 1. The van der Waals surface area contributed by atoms with Gasteiger partial charge in [-0.1, -0.05) is 0 Å². The SMILES string of the molecule is COc1ccc(C(=O)Nc2ccc(NCCN3CCOCC3)cc2)cc1OC. The van der Waals surface area contributed by atoms with Crippen LogP contribution in [0.3, 0.4) is 0 Å². The lowest BCUT2D eigenvalue weighted by Crippen LogP contribution is -2.38. The van der Waals surface area contributed by atoms with Crippen LogP contribution in [-0.4, -0.2) is 64.4 Å². The first kappa shape index (κ1) is 20.0. The van der Waals surface area contributed by atoms with Crippen molar-refractivity contribution in [3.8, 4) is 11.5 Å². The second-order valence-electron chi connectivity index (χ2n) is 6.48. The molecule has 2 N–H and O–H groups in total. The molecule has 0 bridgehead atoms. The molecule has 0 atom stereocenters. The molecule has 1 saturated heterocycles. The highest BCUT2D eigenvalue weighted by Crippen LogP contribution is 2.28. The second kappa shape index (κ2) is 9.96. The van der Waals surface area contributed by atoms with Crippen molar-refractivity contribution in [2.45, 2.75) is 0 Å². The highest BCUT2D eigenvalue weighted by atomic mass is 16.5. The minimum atomic E-state index is -0.200. The maximum absolute atomic E-state index is 12.5. The average Bonchev–Trinajstić information content (AvgIpc) is 2.75. The van der Waals surface area contributed by atoms with Gasteiger partial charge in [0.2, 0.25) is 0 Å². The first-order valence-electron chi connectivity index (χ1n) is 9.37. The quantitative estimate of drug-likeness (QED) is 0.728. The van der Waals surface area contributed by atoms with E-state index in [4.69, 9.17) is 14.2 Å². The van der Waals surface area contributed by atoms with Crippen molar-refractivity contribution in [3.05, 3.63) is 48.0 Å². The van der Waals surface area contributed by atoms with E-state index in [0.717, 1.165) is 50.8 Å². The normalized spacial score (nSPS) is 14.4. The lowest BCUT2D eigenvalue weighted by Gasteiger charge is -2.26. The second-order valence-corrected chi connectivity index (χ2v) is 6.48. The molecule has 1 aliphatic heterocycles. The summed E-state index contributed by atoms with van der Waals surface area (Å²) < 4.78 is 15.8. The maximum Gasteiger partial charge on any atom is 0.255 e. The molecule has 0 aromatic heterocycles. The maximum atomic E-state index is 12.5. The van der Waals surface area contributed by atoms with Gasteiger partial charge >= 0.3 is 0 Å². The van der Waals surface area contributed by atoms with E-state index >= 15 is 0 Å². The van der Waals surface area contributed by atoms with Crippen LogP contribution in [0.5, 0.6) is 11.5 Å². The van der Waals surface area contributed by atoms with E-state index in [1.807, 2.05) is 24.3 Å². The van der Waals surface area contributed by atoms with Gasteiger partial charge in [-0.3, -0.25) is 9.69 Å². The van der Waals surface area contributed by atoms with E-state index in [9.17, 15) is 4.79 Å². The fraction of sp³-hybridized carbons (Fsp3) is 0.381. The van der Waals surface area contributed by atoms with Crippen LogP contribution in [0.25, 0.3) is 0 Å². The van der Waals surface area contributed by atoms with Crippen molar-refractivity contribution in [3.63, 3.8) is 0 Å². The Morgan fingerprint density at radius 1 is 1.00 bits per heavy atom. The van der Waals surface area contributed by atoms with Gasteiger partial charge in [-0.05, 0) is 42.5 Å². The number of nitrogens with one attached hydrogen (secondary N) is 2. The first-order chi connectivity index (χ1) is 13.7. The number of rotatable bonds is 8. The van der Waals surface area contributed by atoms with E-state index in [1.165, 1.54) is 0 Å². The number of nitrogens with zero attached hydrogens (tertiary/aromatic N) is 1. The number of hydrogen-bond donors (Lipinski definition) is 2. The van der Waals surface area contributed by atoms with Gasteiger partial charge in [-0.2, -0.15) is 0 Å². The van der Waals surface area contributed by atoms with Crippen molar-refractivity contribution >= 4 is 17.3 Å². The zero-order valence-corrected chi connectivity index (χ0v) is 16.4. The van der Waals surface area contributed by atoms with Crippen molar-refractivity contribution < 1.29 is 19.0 Å². The van der Waals surface area contributed by atoms with Gasteiger partial charge in [0.1, 0.15) is 0 Å². The van der Waals surface area contributed by atoms with Gasteiger partial charge in [-0.25, -0.2) is 0 Å². The van der Waals surface area contributed by atoms with Crippen molar-refractivity contribution in [2.75, 3.05) is 64.2 Å². The monoisotopic (exact) mass is 385 g/mol. The smallest absolute Gasteiger partial charge is 0.255 e. The predicted octanol–water partition coefficient (Wildman–Crippen LogP) is 2.70. The molecule has 1 fully saturated rings. The van der Waals surface area contributed by atoms with Crippen molar-refractivity contribution in [1.82, 2.24) is 4.90 Å². The number of methoxy groups -OCH3 is 2. The van der Waals surface area contributed by atoms with Crippen LogP contribution < -0.4 is 20.1 Å². The number of morpholine rings is 1. The third-order valence-electron chi connectivity index (χ3n) is 4.65. The molecule has 7 heteroatoms. The molecular weight excluding hydrogens is 358 g/mol. The molecule has 0 saturated carbocycles. The summed E-state index contributed by atoms with van der Waals surface area (Å²) in [6.07, 6.45) is 0. The molecule has 0 spiro atoms. The number of carbonyl (C=O) groups is 1. The molecule has 2 aromatic rings. The molecular formula is C21H27N3O4. The van der Waals surface area contributed by atoms with E-state index in [-0.39, 0.29) is 5.91 Å². The molecule has 0 radical (unpaired) electrons. The molecule has 150 valence electrons. The molecule has 0 unspecified atom stereocenters. The average molecular weight is 385 g/mol. The summed E-state index contributed by atoms with van der Waals surface area (Å²) in [5.41, 5.74) is 2.27. The number of benzene rings is 2. The van der Waals surface area contributed by atoms with Crippen LogP contribution in [0.4, 0.5) is 11.4 Å². The highest BCUT2D eigenvalue weighted by molar-refractivity contribution is 6.04. The Morgan fingerprint density at radius 2 is 1.68 bits per heavy atom. The van der Waals surface area contributed by atoms with E-state index in [2.05, 4.69) is 15.5 Å². The van der Waals surface area contributed by atoms with Gasteiger partial charge in [0, 0.05) is 43.1 Å². The van der Waals surface area contributed by atoms with Crippen LogP contribution in [0, 0.1) is 0 Å². The van der Waals surface area contributed by atoms with Crippen LogP contribution in [-0.2, 0) is 4.74 Å². The third-order valence-corrected chi connectivity index (χ3v) is 4.65. The molecule has 7 nitrogen and oxygen atoms in total. The number of ether oxygens (including phenoxy) is 3. The first-order valence-corrected chi connectivity index (χ1v) is 9.37. The Kier molecular flexibility index (Phi) is 7.11. The van der Waals surface area contributed by atoms with E-state index in [1.54, 1.807) is 32.4 Å². The van der Waals surface area contributed by atoms with Gasteiger partial charge in [0.15, 0.2) is 11.5 Å². The summed E-state index contributed by atoms with van der Waals surface area (Å²) >= 11 is 0. The number of hydrogen-bond acceptors (Lipinski definition) is 6. The molecule has 1 aliphatic rings. The lowest BCUT2D eigenvalue weighted by molar-refractivity contribution is 0.0398. The number of amides is 1. The summed E-state index contributed by atoms with van der Waals surface area (Å²) in [6.45, 7) is 5.47. The lowest BCUT2D eigenvalue weighted by atomic mass is 10.1. The fourth-order valence-corrected chi connectivity index (χ4v) is 3.04. The summed E-state index contributed by atoms with van der Waals surface area (Å²) in [6, 6.07) is 12.8. The minimum absolute atomic E-state index is 0.200. The minimum Gasteiger partial charge on any atom is -0.493 e. The molecule has 28 heavy (non-hydrogen) atoms. The van der Waals surface area contributed by atoms with E-state index in [0.29, 0.717) is 17.1 Å². The van der Waals surface area contributed by atoms with Crippen LogP contribution in [0.15, 0.2) is 42.5 Å². The van der Waals surface area contributed by atoms with Crippen LogP contribution in [0.1, 0.15) is 10.4 Å². The predicted molar refractivity (Wildman–Crippen MR) is 110 cm³/mol. The Bertz CT molecular complexity index is 774. The van der Waals surface area contributed by atoms with Crippen LogP contribution in [0.2, 0.25) is 0 Å². The zero-order chi connectivity index (χ0) is 19.8. The molecule has 0 aliphatic carbocycles. The Labute approximate surface area is 165 Å². The largest absolute Gasteiger partial charge is 0.493 e. The Morgan fingerprint density at radius 3 is 2.36 bits per heavy atom. The van der Waals surface area contributed by atoms with Gasteiger partial charge < -0.3 is 24.8 Å². The molecule has 1 amide bonds. The summed E-state index contributed by atoms with van der Waals surface area (Å²) in [4.78, 5) is 14.9. The summed E-state index contributed by atoms with van der Waals surface area (Å²) in [7, 11) is 3.11. The summed E-state index contributed by atoms with van der Waals surface area (Å²) in [5.74, 6) is 0.913. The standard InChI is InChI=1S/C21H27N3O4/c1-26-19-8-3-16(15-20(19)27-2)21(25)23-18-6-4-17(5-7-18)22-9-10-24-11-13-28-14-12-24/h3-8,15,22H,9-14H2,1-2H3,(H,23,25).